The van der Waals surface area contributed by atoms with Crippen LogP contribution >= 0.6 is 0 Å². The number of likely N-dealkylation sites (N-methyl/N-ethyl adjacent to an activating group) is 1. The molecule has 6 rings (SSSR count). The fourth-order valence-electron chi connectivity index (χ4n) is 7.92. The molecule has 4 aliphatic rings. The second-order valence-corrected chi connectivity index (χ2v) is 16.1. The number of aromatic hydroxyl groups is 3. The largest absolute Gasteiger partial charge is 0.507 e. The minimum atomic E-state index is -2.04. The van der Waals surface area contributed by atoms with E-state index in [1.54, 1.807) is 44.9 Å². The molecule has 322 valence electrons. The zero-order valence-electron chi connectivity index (χ0n) is 35.3. The Morgan fingerprint density at radius 3 is 2.24 bits per heavy atom. The molecule has 6 N–H and O–H groups in total. The lowest BCUT2D eigenvalue weighted by Gasteiger charge is -2.38. The van der Waals surface area contributed by atoms with Crippen LogP contribution in [0, 0.1) is 30.6 Å². The first-order chi connectivity index (χ1) is 27.7. The Bertz CT molecular complexity index is 2070. The van der Waals surface area contributed by atoms with Gasteiger partial charge in [-0.25, -0.2) is 0 Å². The molecule has 4 aliphatic heterocycles. The number of phenols is 3. The third kappa shape index (κ3) is 8.91. The lowest BCUT2D eigenvalue weighted by Crippen LogP contribution is -2.46. The van der Waals surface area contributed by atoms with Crippen LogP contribution in [-0.2, 0) is 23.8 Å². The SMILES string of the molecule is CO[C@H]1/C=C/O[C@@]2(C)Oc3c(C)c(O)c4c(O)c(c(/C=N\N5CCN(C)CC5)c(O)c4c3C2=O)NC(=O)/C(C)=C/C=C/[C@@H](C)[C@H](O)[C@H](C)[C@@H](O)[C@H](C)[C@@H](OC(C)=O)[C@H]1C. The number of aliphatic hydroxyl groups is 2. The number of fused-ring (bicyclic) bond motifs is 14. The summed E-state index contributed by atoms with van der Waals surface area (Å²) in [6.45, 7) is 15.1. The summed E-state index contributed by atoms with van der Waals surface area (Å²) in [6, 6.07) is 0. The van der Waals surface area contributed by atoms with E-state index < -0.39 is 88.8 Å². The number of ether oxygens (including phenoxy) is 4. The number of benzene rings is 2. The number of hydrogen-bond acceptors (Lipinski definition) is 15. The van der Waals surface area contributed by atoms with Crippen LogP contribution in [0.5, 0.6) is 23.0 Å². The molecule has 16 nitrogen and oxygen atoms in total. The van der Waals surface area contributed by atoms with Crippen molar-refractivity contribution in [2.75, 3.05) is 45.7 Å². The van der Waals surface area contributed by atoms with Crippen LogP contribution in [-0.4, -0.2) is 130 Å². The highest BCUT2D eigenvalue weighted by Crippen LogP contribution is 2.55. The Morgan fingerprint density at radius 1 is 0.949 bits per heavy atom. The number of methoxy groups -OCH3 is 1. The van der Waals surface area contributed by atoms with Gasteiger partial charge in [-0.1, -0.05) is 45.9 Å². The molecule has 4 heterocycles. The van der Waals surface area contributed by atoms with E-state index in [0.29, 0.717) is 13.1 Å². The number of nitrogens with zero attached hydrogens (tertiary/aromatic N) is 3. The first-order valence-corrected chi connectivity index (χ1v) is 19.8. The lowest BCUT2D eigenvalue weighted by molar-refractivity contribution is -0.160. The van der Waals surface area contributed by atoms with Crippen molar-refractivity contribution in [3.05, 3.63) is 52.8 Å². The first-order valence-electron chi connectivity index (χ1n) is 19.8. The molecule has 0 aliphatic carbocycles. The number of carbonyl (C=O) groups is 3. The molecule has 1 fully saturated rings. The Kier molecular flexibility index (Phi) is 13.7. The Balaban J connectivity index is 1.70. The maximum Gasteiger partial charge on any atom is 0.312 e. The number of hydrogen-bond donors (Lipinski definition) is 6. The molecule has 0 unspecified atom stereocenters. The van der Waals surface area contributed by atoms with Gasteiger partial charge in [0.25, 0.3) is 11.7 Å². The maximum atomic E-state index is 14.4. The number of allylic oxidation sites excluding steroid dienone is 2. The van der Waals surface area contributed by atoms with Gasteiger partial charge in [-0.2, -0.15) is 5.10 Å². The van der Waals surface area contributed by atoms with Crippen molar-refractivity contribution in [3.8, 4) is 23.0 Å². The average Bonchev–Trinajstić information content (AvgIpc) is 3.46. The number of nitrogens with one attached hydrogen (secondary N) is 1. The van der Waals surface area contributed by atoms with Crippen molar-refractivity contribution in [2.45, 2.75) is 85.6 Å². The van der Waals surface area contributed by atoms with E-state index in [1.807, 2.05) is 7.05 Å². The molecular weight excluding hydrogens is 764 g/mol. The normalized spacial score (nSPS) is 32.1. The smallest absolute Gasteiger partial charge is 0.312 e. The van der Waals surface area contributed by atoms with Gasteiger partial charge in [0.05, 0.1) is 53.0 Å². The number of carbonyl (C=O) groups excluding carboxylic acids is 3. The van der Waals surface area contributed by atoms with Crippen LogP contribution in [0.1, 0.15) is 70.0 Å². The molecule has 0 saturated carbocycles. The number of anilines is 1. The van der Waals surface area contributed by atoms with Crippen LogP contribution in [0.3, 0.4) is 0 Å². The highest BCUT2D eigenvalue weighted by molar-refractivity contribution is 6.23. The van der Waals surface area contributed by atoms with Gasteiger partial charge < -0.3 is 54.7 Å². The van der Waals surface area contributed by atoms with Gasteiger partial charge in [0.2, 0.25) is 0 Å². The van der Waals surface area contributed by atoms with Gasteiger partial charge in [0.1, 0.15) is 23.4 Å². The number of esters is 1. The molecule has 2 aromatic rings. The van der Waals surface area contributed by atoms with Crippen LogP contribution in [0.4, 0.5) is 5.69 Å². The summed E-state index contributed by atoms with van der Waals surface area (Å²) in [7, 11) is 3.42. The number of hydrazone groups is 1. The zero-order valence-corrected chi connectivity index (χ0v) is 35.3. The predicted molar refractivity (Wildman–Crippen MR) is 220 cm³/mol. The molecule has 0 radical (unpaired) electrons. The molecule has 1 amide bonds. The van der Waals surface area contributed by atoms with Crippen molar-refractivity contribution in [3.63, 3.8) is 0 Å². The van der Waals surface area contributed by atoms with Crippen LogP contribution in [0.15, 0.2) is 41.2 Å². The van der Waals surface area contributed by atoms with E-state index in [1.165, 1.54) is 59.4 Å². The van der Waals surface area contributed by atoms with Gasteiger partial charge in [0, 0.05) is 87.3 Å². The summed E-state index contributed by atoms with van der Waals surface area (Å²) >= 11 is 0. The van der Waals surface area contributed by atoms with Crippen molar-refractivity contribution in [2.24, 2.45) is 28.8 Å². The first kappa shape index (κ1) is 44.9. The van der Waals surface area contributed by atoms with Crippen LogP contribution in [0.2, 0.25) is 0 Å². The predicted octanol–water partition coefficient (Wildman–Crippen LogP) is 4.34. The quantitative estimate of drug-likeness (QED) is 0.109. The van der Waals surface area contributed by atoms with Gasteiger partial charge in [-0.05, 0) is 27.0 Å². The van der Waals surface area contributed by atoms with E-state index in [4.69, 9.17) is 18.9 Å². The number of rotatable bonds is 4. The number of Topliss-reactive ketones (excluding diaryl/α,β-unsaturated/α-hetero) is 1. The number of aliphatic hydroxyl groups excluding tert-OH is 2. The second kappa shape index (κ2) is 18.0. The van der Waals surface area contributed by atoms with Crippen LogP contribution in [0.25, 0.3) is 10.8 Å². The minimum absolute atomic E-state index is 0.0559. The highest BCUT2D eigenvalue weighted by Gasteiger charge is 2.50. The highest BCUT2D eigenvalue weighted by atomic mass is 16.7. The van der Waals surface area contributed by atoms with E-state index in [2.05, 4.69) is 15.3 Å². The third-order valence-electron chi connectivity index (χ3n) is 11.9. The van der Waals surface area contributed by atoms with E-state index in [9.17, 15) is 39.9 Å². The zero-order chi connectivity index (χ0) is 43.7. The van der Waals surface area contributed by atoms with Gasteiger partial charge in [-0.3, -0.25) is 19.4 Å². The molecule has 9 atom stereocenters. The average molecular weight is 823 g/mol. The Morgan fingerprint density at radius 2 is 1.61 bits per heavy atom. The molecule has 16 heteroatoms. The number of phenolic OH excluding ortho intramolecular Hbond substituents is 3. The maximum absolute atomic E-state index is 14.4. The summed E-state index contributed by atoms with van der Waals surface area (Å²) in [5.41, 5.74) is -0.350. The Labute approximate surface area is 344 Å². The summed E-state index contributed by atoms with van der Waals surface area (Å²) in [4.78, 5) is 42.6. The molecular formula is C43H58N4O12. The minimum Gasteiger partial charge on any atom is -0.507 e. The molecule has 2 aromatic carbocycles. The fourth-order valence-corrected chi connectivity index (χ4v) is 7.92. The van der Waals surface area contributed by atoms with Crippen molar-refractivity contribution < 1.29 is 58.9 Å². The van der Waals surface area contributed by atoms with Gasteiger partial charge >= 0.3 is 11.8 Å². The number of amides is 1. The van der Waals surface area contributed by atoms with Crippen molar-refractivity contribution >= 4 is 40.3 Å². The fraction of sp³-hybridized carbons (Fsp3) is 0.535. The molecule has 59 heavy (non-hydrogen) atoms. The van der Waals surface area contributed by atoms with E-state index in [-0.39, 0.29) is 44.5 Å². The van der Waals surface area contributed by atoms with Gasteiger partial charge in [0.15, 0.2) is 5.75 Å². The molecule has 5 bridgehead atoms. The molecule has 1 saturated heterocycles. The van der Waals surface area contributed by atoms with Crippen molar-refractivity contribution in [1.29, 1.82) is 0 Å². The van der Waals surface area contributed by atoms with Gasteiger partial charge in [-0.15, -0.1) is 0 Å². The summed E-state index contributed by atoms with van der Waals surface area (Å²) < 4.78 is 23.6. The monoisotopic (exact) mass is 822 g/mol. The lowest BCUT2D eigenvalue weighted by atomic mass is 9.78. The summed E-state index contributed by atoms with van der Waals surface area (Å²) in [5.74, 6) is -8.34. The van der Waals surface area contributed by atoms with E-state index in [0.717, 1.165) is 13.1 Å². The number of ketones is 1. The molecule has 0 spiro atoms. The standard InChI is InChI=1S/C43H58N4O12/c1-21-12-11-13-22(2)42(55)45-33-28(20-44-47-17-15-46(9)16-18-47)37(52)30-31(38(33)53)36(51)26(6)40-32(30)41(54)43(8,59-40)57-19-14-29(56-10)23(3)39(58-27(7)48)25(5)35(50)24(4)34(21)49/h11-14,19-21,23-25,29,34-35,39,49-53H,15-18H2,1-10H3,(H,45,55)/b12-11+,19-14+,22-13+,44-20-/t21-,23+,24+,25+,29+,34+,35-,39+,43+/m1/s1. The molecule has 0 aromatic heterocycles. The summed E-state index contributed by atoms with van der Waals surface area (Å²) in [5, 5.41) is 66.8. The van der Waals surface area contributed by atoms with E-state index >= 15 is 0 Å². The van der Waals surface area contributed by atoms with Crippen LogP contribution < -0.4 is 10.1 Å². The number of piperazine rings is 1. The topological polar surface area (TPSA) is 220 Å². The third-order valence-corrected chi connectivity index (χ3v) is 11.9. The van der Waals surface area contributed by atoms with Crippen molar-refractivity contribution in [1.82, 2.24) is 9.91 Å². The Hall–Kier alpha value is -5.16. The second-order valence-electron chi connectivity index (χ2n) is 16.1. The summed E-state index contributed by atoms with van der Waals surface area (Å²) in [6.07, 6.45) is 4.86.